The van der Waals surface area contributed by atoms with Gasteiger partial charge in [-0.25, -0.2) is 24.5 Å². The van der Waals surface area contributed by atoms with Gasteiger partial charge in [-0.3, -0.25) is 0 Å². The highest BCUT2D eigenvalue weighted by molar-refractivity contribution is 7.89. The number of hydrogen-bond acceptors (Lipinski definition) is 11. The maximum atomic E-state index is 13.0. The van der Waals surface area contributed by atoms with Gasteiger partial charge in [-0.1, -0.05) is 22.5 Å². The first kappa shape index (κ1) is 29.1. The fourth-order valence-electron chi connectivity index (χ4n) is 3.41. The minimum Gasteiger partial charge on any atom is -0.616 e. The highest BCUT2D eigenvalue weighted by Gasteiger charge is 2.35. The van der Waals surface area contributed by atoms with Gasteiger partial charge in [0, 0.05) is 12.6 Å². The molecule has 0 aliphatic carbocycles. The third kappa shape index (κ3) is 8.25. The van der Waals surface area contributed by atoms with Crippen LogP contribution in [-0.4, -0.2) is 74.9 Å². The van der Waals surface area contributed by atoms with E-state index in [-0.39, 0.29) is 16.9 Å². The zero-order valence-electron chi connectivity index (χ0n) is 22.6. The molecule has 2 amide bonds. The zero-order chi connectivity index (χ0) is 27.5. The van der Waals surface area contributed by atoms with Gasteiger partial charge in [-0.15, -0.1) is 0 Å². The summed E-state index contributed by atoms with van der Waals surface area (Å²) in [5, 5.41) is 0.0628. The van der Waals surface area contributed by atoms with Gasteiger partial charge >= 0.3 is 12.2 Å². The van der Waals surface area contributed by atoms with Gasteiger partial charge in [0.05, 0.1) is 42.3 Å². The van der Waals surface area contributed by atoms with Crippen molar-refractivity contribution in [3.63, 3.8) is 0 Å². The van der Waals surface area contributed by atoms with E-state index in [1.807, 2.05) is 13.0 Å². The van der Waals surface area contributed by atoms with Gasteiger partial charge in [-0.05, 0) is 48.5 Å². The Morgan fingerprint density at radius 1 is 1.19 bits per heavy atom. The van der Waals surface area contributed by atoms with Crippen LogP contribution >= 0.6 is 11.3 Å². The number of amides is 2. The summed E-state index contributed by atoms with van der Waals surface area (Å²) in [4.78, 5) is 43.1. The van der Waals surface area contributed by atoms with Crippen molar-refractivity contribution >= 4 is 45.6 Å². The lowest BCUT2D eigenvalue weighted by Gasteiger charge is -2.34. The maximum Gasteiger partial charge on any atom is 0.426 e. The maximum absolute atomic E-state index is 13.0. The predicted octanol–water partition coefficient (Wildman–Crippen LogP) is 4.38. The van der Waals surface area contributed by atoms with Gasteiger partial charge in [0.1, 0.15) is 22.8 Å². The summed E-state index contributed by atoms with van der Waals surface area (Å²) < 4.78 is 28.4. The molecule has 0 N–H and O–H groups in total. The monoisotopic (exact) mass is 553 g/mol. The number of anilines is 2. The van der Waals surface area contributed by atoms with E-state index in [0.29, 0.717) is 42.0 Å². The number of ether oxygens (including phenoxy) is 3. The van der Waals surface area contributed by atoms with Crippen LogP contribution in [0.5, 0.6) is 0 Å². The number of nitrogens with zero attached hydrogens (tertiary/aromatic N) is 5. The molecular formula is C24H35N5O6S2. The molecule has 1 saturated heterocycles. The van der Waals surface area contributed by atoms with E-state index in [1.54, 1.807) is 47.8 Å². The fraction of sp³-hybridized carbons (Fsp3) is 0.625. The van der Waals surface area contributed by atoms with E-state index in [1.165, 1.54) is 6.20 Å². The van der Waals surface area contributed by atoms with Crippen molar-refractivity contribution in [1.29, 1.82) is 0 Å². The van der Waals surface area contributed by atoms with Gasteiger partial charge < -0.3 is 23.7 Å². The Labute approximate surface area is 224 Å². The summed E-state index contributed by atoms with van der Waals surface area (Å²) in [6.07, 6.45) is 1.31. The molecule has 0 spiro atoms. The summed E-state index contributed by atoms with van der Waals surface area (Å²) >= 11 is -0.0581. The SMILES string of the molecule is C[C@H]1COCCN1c1cc(C[S+](C)[O-])nc(-c2cnc(N(C(=O)OC(C)(C)C)C(=O)OC(C)(C)C)s2)n1. The molecule has 0 bridgehead atoms. The standard InChI is InChI=1S/C24H35N5O6S2/c1-15-13-33-10-9-28(15)18-11-16(14-37(8)32)26-19(27-18)17-12-25-20(36-17)29(21(30)34-23(2,3)4)22(31)35-24(5,6)7/h11-12,15H,9-10,13-14H2,1-8H3/t15-,37?/m0/s1. The smallest absolute Gasteiger partial charge is 0.426 e. The third-order valence-electron chi connectivity index (χ3n) is 4.84. The average molecular weight is 554 g/mol. The second-order valence-corrected chi connectivity index (χ2v) is 13.1. The van der Waals surface area contributed by atoms with Crippen molar-refractivity contribution in [2.45, 2.75) is 71.5 Å². The molecule has 2 aromatic heterocycles. The molecular weight excluding hydrogens is 518 g/mol. The molecule has 2 atom stereocenters. The molecule has 13 heteroatoms. The lowest BCUT2D eigenvalue weighted by Crippen LogP contribution is -2.44. The van der Waals surface area contributed by atoms with Crippen LogP contribution in [0.3, 0.4) is 0 Å². The molecule has 3 heterocycles. The first-order valence-electron chi connectivity index (χ1n) is 11.9. The Morgan fingerprint density at radius 3 is 2.35 bits per heavy atom. The molecule has 3 rings (SSSR count). The van der Waals surface area contributed by atoms with Crippen LogP contribution < -0.4 is 9.80 Å². The molecule has 1 aliphatic rings. The number of carbonyl (C=O) groups is 2. The zero-order valence-corrected chi connectivity index (χ0v) is 24.2. The van der Waals surface area contributed by atoms with Crippen molar-refractivity contribution in [3.8, 4) is 10.7 Å². The number of rotatable bonds is 5. The van der Waals surface area contributed by atoms with E-state index in [9.17, 15) is 14.1 Å². The van der Waals surface area contributed by atoms with Crippen LogP contribution in [0.15, 0.2) is 12.3 Å². The lowest BCUT2D eigenvalue weighted by molar-refractivity contribution is 0.0430. The summed E-state index contributed by atoms with van der Waals surface area (Å²) in [6.45, 7) is 14.1. The Bertz CT molecular complexity index is 1080. The Hall–Kier alpha value is -2.48. The number of carbonyl (C=O) groups excluding carboxylic acids is 2. The summed E-state index contributed by atoms with van der Waals surface area (Å²) in [7, 11) is 0. The Balaban J connectivity index is 2.01. The van der Waals surface area contributed by atoms with Crippen LogP contribution in [0.1, 0.15) is 54.2 Å². The van der Waals surface area contributed by atoms with E-state index < -0.39 is 34.6 Å². The number of hydrogen-bond donors (Lipinski definition) is 0. The van der Waals surface area contributed by atoms with E-state index >= 15 is 0 Å². The topological polar surface area (TPSA) is 130 Å². The van der Waals surface area contributed by atoms with Gasteiger partial charge in [0.2, 0.25) is 5.13 Å². The summed E-state index contributed by atoms with van der Waals surface area (Å²) in [5.74, 6) is 1.30. The van der Waals surface area contributed by atoms with Crippen LogP contribution in [0.25, 0.3) is 10.7 Å². The molecule has 11 nitrogen and oxygen atoms in total. The van der Waals surface area contributed by atoms with E-state index in [2.05, 4.69) is 14.9 Å². The first-order valence-corrected chi connectivity index (χ1v) is 14.4. The van der Waals surface area contributed by atoms with Gasteiger partial charge in [0.25, 0.3) is 0 Å². The first-order chi connectivity index (χ1) is 17.1. The second kappa shape index (κ2) is 11.5. The summed E-state index contributed by atoms with van der Waals surface area (Å²) in [5.41, 5.74) is -1.06. The molecule has 1 unspecified atom stereocenters. The van der Waals surface area contributed by atoms with Crippen LogP contribution in [0, 0.1) is 0 Å². The van der Waals surface area contributed by atoms with Crippen molar-refractivity contribution in [2.24, 2.45) is 0 Å². The molecule has 204 valence electrons. The molecule has 0 aromatic carbocycles. The lowest BCUT2D eigenvalue weighted by atomic mass is 10.2. The third-order valence-corrected chi connectivity index (χ3v) is 6.52. The minimum atomic E-state index is -1.11. The largest absolute Gasteiger partial charge is 0.616 e. The molecule has 0 radical (unpaired) electrons. The van der Waals surface area contributed by atoms with Crippen molar-refractivity contribution in [1.82, 2.24) is 15.0 Å². The van der Waals surface area contributed by atoms with Gasteiger partial charge in [0.15, 0.2) is 5.82 Å². The number of morpholine rings is 1. The number of thiazole rings is 1. The van der Waals surface area contributed by atoms with Crippen molar-refractivity contribution < 1.29 is 28.4 Å². The van der Waals surface area contributed by atoms with Gasteiger partial charge in [-0.2, -0.15) is 4.90 Å². The van der Waals surface area contributed by atoms with E-state index in [0.717, 1.165) is 16.2 Å². The minimum absolute atomic E-state index is 0.0628. The van der Waals surface area contributed by atoms with E-state index in [4.69, 9.17) is 19.2 Å². The molecule has 1 aliphatic heterocycles. The van der Waals surface area contributed by atoms with Crippen LogP contribution in [0.2, 0.25) is 0 Å². The quantitative estimate of drug-likeness (QED) is 0.492. The molecule has 0 saturated carbocycles. The van der Waals surface area contributed by atoms with Crippen molar-refractivity contribution in [3.05, 3.63) is 18.0 Å². The second-order valence-electron chi connectivity index (χ2n) is 10.7. The molecule has 37 heavy (non-hydrogen) atoms. The average Bonchev–Trinajstić information content (AvgIpc) is 3.20. The van der Waals surface area contributed by atoms with Crippen molar-refractivity contribution in [2.75, 3.05) is 35.8 Å². The van der Waals surface area contributed by atoms with Crippen LogP contribution in [0.4, 0.5) is 20.5 Å². The predicted molar refractivity (Wildman–Crippen MR) is 143 cm³/mol. The Kier molecular flexibility index (Phi) is 9.04. The number of imide groups is 1. The van der Waals surface area contributed by atoms with Crippen LogP contribution in [-0.2, 0) is 31.1 Å². The Morgan fingerprint density at radius 2 is 1.81 bits per heavy atom. The normalized spacial score (nSPS) is 17.3. The fourth-order valence-corrected chi connectivity index (χ4v) is 4.80. The highest BCUT2D eigenvalue weighted by atomic mass is 32.2. The summed E-state index contributed by atoms with van der Waals surface area (Å²) in [6, 6.07) is 1.94. The number of aromatic nitrogens is 3. The molecule has 2 aromatic rings. The molecule has 1 fully saturated rings. The highest BCUT2D eigenvalue weighted by Crippen LogP contribution is 2.33.